The monoisotopic (exact) mass is 275 g/mol. The van der Waals surface area contributed by atoms with E-state index in [9.17, 15) is 9.18 Å². The zero-order valence-corrected chi connectivity index (χ0v) is 11.4. The van der Waals surface area contributed by atoms with Crippen LogP contribution < -0.4 is 4.90 Å². The maximum absolute atomic E-state index is 13.2. The van der Waals surface area contributed by atoms with E-state index in [1.54, 1.807) is 36.4 Å². The molecule has 0 fully saturated rings. The van der Waals surface area contributed by atoms with E-state index in [1.165, 1.54) is 17.0 Å². The van der Waals surface area contributed by atoms with E-state index in [-0.39, 0.29) is 11.7 Å². The first kappa shape index (κ1) is 13.6. The minimum absolute atomic E-state index is 0.151. The van der Waals surface area contributed by atoms with E-state index in [0.29, 0.717) is 17.8 Å². The van der Waals surface area contributed by atoms with Gasteiger partial charge in [0.2, 0.25) is 0 Å². The van der Waals surface area contributed by atoms with Crippen LogP contribution in [0.15, 0.2) is 53.4 Å². The molecule has 0 saturated heterocycles. The highest BCUT2D eigenvalue weighted by atomic mass is 32.1. The van der Waals surface area contributed by atoms with Gasteiger partial charge >= 0.3 is 0 Å². The van der Waals surface area contributed by atoms with Gasteiger partial charge in [0.05, 0.1) is 0 Å². The van der Waals surface area contributed by atoms with E-state index in [1.807, 2.05) is 6.92 Å². The Kier molecular flexibility index (Phi) is 4.22. The van der Waals surface area contributed by atoms with Crippen LogP contribution in [0, 0.1) is 5.82 Å². The molecule has 98 valence electrons. The molecule has 0 saturated carbocycles. The molecule has 0 unspecified atom stereocenters. The Morgan fingerprint density at radius 3 is 2.47 bits per heavy atom. The average molecular weight is 275 g/mol. The first-order chi connectivity index (χ1) is 9.11. The number of carbonyl (C=O) groups excluding carboxylic acids is 1. The SMILES string of the molecule is CCN(C(=O)c1ccc(S)cc1)c1cccc(F)c1. The van der Waals surface area contributed by atoms with E-state index in [4.69, 9.17) is 0 Å². The van der Waals surface area contributed by atoms with Crippen molar-refractivity contribution in [1.29, 1.82) is 0 Å². The molecule has 0 spiro atoms. The lowest BCUT2D eigenvalue weighted by molar-refractivity contribution is 0.0988. The molecule has 0 aromatic heterocycles. The van der Waals surface area contributed by atoms with Crippen molar-refractivity contribution in [2.75, 3.05) is 11.4 Å². The number of halogens is 1. The first-order valence-corrected chi connectivity index (χ1v) is 6.43. The van der Waals surface area contributed by atoms with Crippen LogP contribution >= 0.6 is 12.6 Å². The topological polar surface area (TPSA) is 20.3 Å². The van der Waals surface area contributed by atoms with Crippen molar-refractivity contribution >= 4 is 24.2 Å². The van der Waals surface area contributed by atoms with Crippen molar-refractivity contribution < 1.29 is 9.18 Å². The molecule has 0 N–H and O–H groups in total. The van der Waals surface area contributed by atoms with Crippen molar-refractivity contribution in [2.45, 2.75) is 11.8 Å². The Hall–Kier alpha value is -1.81. The Bertz CT molecular complexity index is 583. The molecule has 19 heavy (non-hydrogen) atoms. The van der Waals surface area contributed by atoms with E-state index in [2.05, 4.69) is 12.6 Å². The molecule has 0 atom stereocenters. The van der Waals surface area contributed by atoms with Gasteiger partial charge in [-0.15, -0.1) is 12.6 Å². The van der Waals surface area contributed by atoms with E-state index < -0.39 is 0 Å². The molecule has 1 amide bonds. The van der Waals surface area contributed by atoms with Gasteiger partial charge < -0.3 is 4.90 Å². The second-order valence-corrected chi connectivity index (χ2v) is 4.59. The number of thiol groups is 1. The number of anilines is 1. The summed E-state index contributed by atoms with van der Waals surface area (Å²) in [4.78, 5) is 14.7. The van der Waals surface area contributed by atoms with Gasteiger partial charge in [-0.1, -0.05) is 6.07 Å². The molecule has 2 aromatic rings. The summed E-state index contributed by atoms with van der Waals surface area (Å²) in [5, 5.41) is 0. The van der Waals surface area contributed by atoms with Gasteiger partial charge in [0.1, 0.15) is 5.82 Å². The average Bonchev–Trinajstić information content (AvgIpc) is 2.40. The molecule has 2 nitrogen and oxygen atoms in total. The van der Waals surface area contributed by atoms with Gasteiger partial charge in [-0.3, -0.25) is 4.79 Å². The second kappa shape index (κ2) is 5.89. The maximum atomic E-state index is 13.2. The van der Waals surface area contributed by atoms with E-state index in [0.717, 1.165) is 4.90 Å². The van der Waals surface area contributed by atoms with Crippen molar-refractivity contribution in [3.05, 3.63) is 59.9 Å². The summed E-state index contributed by atoms with van der Waals surface area (Å²) in [5.41, 5.74) is 1.12. The van der Waals surface area contributed by atoms with Crippen LogP contribution in [0.3, 0.4) is 0 Å². The minimum Gasteiger partial charge on any atom is -0.309 e. The third-order valence-electron chi connectivity index (χ3n) is 2.80. The van der Waals surface area contributed by atoms with Crippen molar-refractivity contribution in [3.63, 3.8) is 0 Å². The van der Waals surface area contributed by atoms with Gasteiger partial charge in [-0.2, -0.15) is 0 Å². The fourth-order valence-corrected chi connectivity index (χ4v) is 2.00. The summed E-state index contributed by atoms with van der Waals surface area (Å²) in [7, 11) is 0. The Morgan fingerprint density at radius 1 is 1.21 bits per heavy atom. The zero-order chi connectivity index (χ0) is 13.8. The normalized spacial score (nSPS) is 10.3. The molecule has 2 aromatic carbocycles. The highest BCUT2D eigenvalue weighted by Gasteiger charge is 2.16. The van der Waals surface area contributed by atoms with Crippen LogP contribution in [0.1, 0.15) is 17.3 Å². The molecule has 0 aliphatic heterocycles. The molecule has 2 rings (SSSR count). The summed E-state index contributed by atoms with van der Waals surface area (Å²) < 4.78 is 13.2. The smallest absolute Gasteiger partial charge is 0.258 e. The van der Waals surface area contributed by atoms with Crippen LogP contribution in [0.4, 0.5) is 10.1 Å². The molecular weight excluding hydrogens is 261 g/mol. The number of hydrogen-bond donors (Lipinski definition) is 1. The van der Waals surface area contributed by atoms with Crippen molar-refractivity contribution in [2.24, 2.45) is 0 Å². The Morgan fingerprint density at radius 2 is 1.89 bits per heavy atom. The lowest BCUT2D eigenvalue weighted by Gasteiger charge is -2.21. The van der Waals surface area contributed by atoms with E-state index >= 15 is 0 Å². The number of rotatable bonds is 3. The second-order valence-electron chi connectivity index (χ2n) is 4.08. The zero-order valence-electron chi connectivity index (χ0n) is 10.5. The summed E-state index contributed by atoms with van der Waals surface area (Å²) >= 11 is 4.18. The van der Waals surface area contributed by atoms with Gasteiger partial charge in [-0.05, 0) is 49.4 Å². The Labute approximate surface area is 117 Å². The number of carbonyl (C=O) groups is 1. The highest BCUT2D eigenvalue weighted by molar-refractivity contribution is 7.80. The van der Waals surface area contributed by atoms with Crippen molar-refractivity contribution in [3.8, 4) is 0 Å². The molecule has 0 aliphatic carbocycles. The molecule has 0 radical (unpaired) electrons. The summed E-state index contributed by atoms with van der Waals surface area (Å²) in [5.74, 6) is -0.504. The molecule has 0 heterocycles. The number of benzene rings is 2. The van der Waals surface area contributed by atoms with Crippen LogP contribution in [0.2, 0.25) is 0 Å². The molecule has 0 bridgehead atoms. The summed E-state index contributed by atoms with van der Waals surface area (Å²) in [6.45, 7) is 2.33. The van der Waals surface area contributed by atoms with Gasteiger partial charge in [0.25, 0.3) is 5.91 Å². The lowest BCUT2D eigenvalue weighted by atomic mass is 10.2. The molecular formula is C15H14FNOS. The summed E-state index contributed by atoms with van der Waals surface area (Å²) in [6.07, 6.45) is 0. The largest absolute Gasteiger partial charge is 0.309 e. The van der Waals surface area contributed by atoms with Gasteiger partial charge in [0.15, 0.2) is 0 Å². The third-order valence-corrected chi connectivity index (χ3v) is 3.09. The standard InChI is InChI=1S/C15H14FNOS/c1-2-17(13-5-3-4-12(16)10-13)15(18)11-6-8-14(19)9-7-11/h3-10,19H,2H2,1H3. The minimum atomic E-state index is -0.352. The summed E-state index contributed by atoms with van der Waals surface area (Å²) in [6, 6.07) is 13.0. The predicted octanol–water partition coefficient (Wildman–Crippen LogP) is 3.78. The fraction of sp³-hybridized carbons (Fsp3) is 0.133. The van der Waals surface area contributed by atoms with Crippen LogP contribution in [-0.2, 0) is 0 Å². The van der Waals surface area contributed by atoms with Crippen LogP contribution in [0.5, 0.6) is 0 Å². The number of nitrogens with zero attached hydrogens (tertiary/aromatic N) is 1. The van der Waals surface area contributed by atoms with Crippen LogP contribution in [0.25, 0.3) is 0 Å². The molecule has 4 heteroatoms. The molecule has 0 aliphatic rings. The van der Waals surface area contributed by atoms with Crippen LogP contribution in [-0.4, -0.2) is 12.5 Å². The predicted molar refractivity (Wildman–Crippen MR) is 77.4 cm³/mol. The first-order valence-electron chi connectivity index (χ1n) is 5.98. The lowest BCUT2D eigenvalue weighted by Crippen LogP contribution is -2.30. The highest BCUT2D eigenvalue weighted by Crippen LogP contribution is 2.19. The fourth-order valence-electron chi connectivity index (χ4n) is 1.85. The Balaban J connectivity index is 2.31. The van der Waals surface area contributed by atoms with Gasteiger partial charge in [-0.25, -0.2) is 4.39 Å². The third kappa shape index (κ3) is 3.15. The maximum Gasteiger partial charge on any atom is 0.258 e. The number of hydrogen-bond acceptors (Lipinski definition) is 2. The number of amides is 1. The van der Waals surface area contributed by atoms with Crippen molar-refractivity contribution in [1.82, 2.24) is 0 Å². The van der Waals surface area contributed by atoms with Gasteiger partial charge in [0, 0.05) is 22.7 Å². The quantitative estimate of drug-likeness (QED) is 0.845.